The van der Waals surface area contributed by atoms with Crippen LogP contribution in [0.3, 0.4) is 0 Å². The van der Waals surface area contributed by atoms with Crippen molar-refractivity contribution < 1.29 is 9.59 Å². The minimum atomic E-state index is -0.508. The first-order valence-corrected chi connectivity index (χ1v) is 8.15. The van der Waals surface area contributed by atoms with Crippen molar-refractivity contribution in [3.63, 3.8) is 0 Å². The highest BCUT2D eigenvalue weighted by Gasteiger charge is 2.18. The minimum Gasteiger partial charge on any atom is -0.366 e. The fourth-order valence-electron chi connectivity index (χ4n) is 1.48. The summed E-state index contributed by atoms with van der Waals surface area (Å²) in [6.07, 6.45) is 2.23. The summed E-state index contributed by atoms with van der Waals surface area (Å²) in [5.41, 5.74) is 5.68. The first-order valence-electron chi connectivity index (χ1n) is 6.28. The fourth-order valence-corrected chi connectivity index (χ4v) is 3.42. The third-order valence-corrected chi connectivity index (χ3v) is 4.80. The van der Waals surface area contributed by atoms with E-state index in [1.54, 1.807) is 17.8 Å². The molecule has 3 N–H and O–H groups in total. The van der Waals surface area contributed by atoms with E-state index in [0.717, 1.165) is 23.5 Å². The summed E-state index contributed by atoms with van der Waals surface area (Å²) < 4.78 is 0. The second-order valence-electron chi connectivity index (χ2n) is 4.32. The molecule has 106 valence electrons. The Labute approximate surface area is 122 Å². The van der Waals surface area contributed by atoms with E-state index in [-0.39, 0.29) is 11.2 Å². The Morgan fingerprint density at radius 2 is 2.21 bits per heavy atom. The van der Waals surface area contributed by atoms with Crippen molar-refractivity contribution in [2.24, 2.45) is 5.73 Å². The summed E-state index contributed by atoms with van der Waals surface area (Å²) in [6.45, 7) is 5.88. The Morgan fingerprint density at radius 1 is 1.53 bits per heavy atom. The van der Waals surface area contributed by atoms with Gasteiger partial charge in [-0.1, -0.05) is 13.3 Å². The van der Waals surface area contributed by atoms with Gasteiger partial charge in [-0.05, 0) is 32.1 Å². The zero-order chi connectivity index (χ0) is 14.4. The Balaban J connectivity index is 2.63. The summed E-state index contributed by atoms with van der Waals surface area (Å²) in [6, 6.07) is 1.71. The molecular weight excluding hydrogens is 280 g/mol. The molecule has 1 rings (SSSR count). The molecule has 0 spiro atoms. The van der Waals surface area contributed by atoms with Crippen molar-refractivity contribution in [1.82, 2.24) is 0 Å². The number of thiophene rings is 1. The Morgan fingerprint density at radius 3 is 2.79 bits per heavy atom. The van der Waals surface area contributed by atoms with Crippen LogP contribution in [0.25, 0.3) is 0 Å². The molecule has 0 bridgehead atoms. The van der Waals surface area contributed by atoms with Gasteiger partial charge in [-0.25, -0.2) is 0 Å². The van der Waals surface area contributed by atoms with Crippen molar-refractivity contribution >= 4 is 39.9 Å². The average Bonchev–Trinajstić information content (AvgIpc) is 2.70. The van der Waals surface area contributed by atoms with Crippen LogP contribution >= 0.6 is 23.1 Å². The highest BCUT2D eigenvalue weighted by atomic mass is 32.2. The summed E-state index contributed by atoms with van der Waals surface area (Å²) in [4.78, 5) is 24.2. The van der Waals surface area contributed by atoms with Crippen LogP contribution in [0.15, 0.2) is 6.07 Å². The number of nitrogens with two attached hydrogens (primary N) is 1. The van der Waals surface area contributed by atoms with Crippen molar-refractivity contribution in [2.75, 3.05) is 11.1 Å². The smallest absolute Gasteiger partial charge is 0.251 e. The predicted octanol–water partition coefficient (Wildman–Crippen LogP) is 3.02. The summed E-state index contributed by atoms with van der Waals surface area (Å²) in [5.74, 6) is 0.383. The van der Waals surface area contributed by atoms with Gasteiger partial charge >= 0.3 is 0 Å². The molecule has 0 radical (unpaired) electrons. The quantitative estimate of drug-likeness (QED) is 0.760. The van der Waals surface area contributed by atoms with Gasteiger partial charge in [-0.2, -0.15) is 0 Å². The standard InChI is InChI=1S/C13H20N2O2S2/c1-4-5-6-18-9(3)12(17)15-13-10(11(14)16)7-8(2)19-13/h7,9H,4-6H2,1-3H3,(H2,14,16)(H,15,17)/t9-/m0/s1. The van der Waals surface area contributed by atoms with Crippen LogP contribution in [0.2, 0.25) is 0 Å². The molecule has 0 aliphatic heterocycles. The van der Waals surface area contributed by atoms with Crippen LogP contribution in [0.5, 0.6) is 0 Å². The third kappa shape index (κ3) is 4.87. The van der Waals surface area contributed by atoms with E-state index in [2.05, 4.69) is 12.2 Å². The van der Waals surface area contributed by atoms with Crippen LogP contribution in [0.1, 0.15) is 41.9 Å². The third-order valence-electron chi connectivity index (χ3n) is 2.59. The number of unbranched alkanes of at least 4 members (excludes halogenated alkanes) is 1. The normalized spacial score (nSPS) is 12.2. The van der Waals surface area contributed by atoms with E-state index in [1.807, 2.05) is 13.8 Å². The van der Waals surface area contributed by atoms with Crippen LogP contribution < -0.4 is 11.1 Å². The number of carbonyl (C=O) groups excluding carboxylic acids is 2. The molecule has 0 aliphatic carbocycles. The van der Waals surface area contributed by atoms with Crippen molar-refractivity contribution in [1.29, 1.82) is 0 Å². The first kappa shape index (κ1) is 16.0. The van der Waals surface area contributed by atoms with Crippen LogP contribution in [-0.2, 0) is 4.79 Å². The second kappa shape index (κ2) is 7.55. The van der Waals surface area contributed by atoms with Gasteiger partial charge < -0.3 is 11.1 Å². The summed E-state index contributed by atoms with van der Waals surface area (Å²) in [5, 5.41) is 3.22. The summed E-state index contributed by atoms with van der Waals surface area (Å²) in [7, 11) is 0. The maximum Gasteiger partial charge on any atom is 0.251 e. The number of hydrogen-bond acceptors (Lipinski definition) is 4. The Kier molecular flexibility index (Phi) is 6.37. The maximum absolute atomic E-state index is 12.0. The maximum atomic E-state index is 12.0. The lowest BCUT2D eigenvalue weighted by Gasteiger charge is -2.11. The van der Waals surface area contributed by atoms with Crippen LogP contribution in [-0.4, -0.2) is 22.8 Å². The molecule has 19 heavy (non-hydrogen) atoms. The van der Waals surface area contributed by atoms with E-state index >= 15 is 0 Å². The monoisotopic (exact) mass is 300 g/mol. The van der Waals surface area contributed by atoms with Crippen LogP contribution in [0, 0.1) is 6.92 Å². The number of anilines is 1. The van der Waals surface area contributed by atoms with E-state index in [1.165, 1.54) is 11.3 Å². The van der Waals surface area contributed by atoms with Gasteiger partial charge in [0.05, 0.1) is 10.8 Å². The number of carbonyl (C=O) groups is 2. The molecule has 4 nitrogen and oxygen atoms in total. The highest BCUT2D eigenvalue weighted by molar-refractivity contribution is 8.00. The van der Waals surface area contributed by atoms with Gasteiger partial charge in [-0.15, -0.1) is 23.1 Å². The number of nitrogens with one attached hydrogen (secondary N) is 1. The fraction of sp³-hybridized carbons (Fsp3) is 0.538. The van der Waals surface area contributed by atoms with Gasteiger partial charge in [0.15, 0.2) is 0 Å². The molecule has 0 saturated carbocycles. The highest BCUT2D eigenvalue weighted by Crippen LogP contribution is 2.28. The molecule has 0 saturated heterocycles. The van der Waals surface area contributed by atoms with Gasteiger partial charge in [0, 0.05) is 4.88 Å². The molecule has 1 heterocycles. The Bertz CT molecular complexity index is 457. The predicted molar refractivity (Wildman–Crippen MR) is 83.0 cm³/mol. The zero-order valence-corrected chi connectivity index (χ0v) is 13.1. The topological polar surface area (TPSA) is 72.2 Å². The molecule has 1 aromatic rings. The van der Waals surface area contributed by atoms with Gasteiger partial charge in [0.1, 0.15) is 5.00 Å². The van der Waals surface area contributed by atoms with Gasteiger partial charge in [0.25, 0.3) is 5.91 Å². The molecule has 0 aliphatic rings. The molecular formula is C13H20N2O2S2. The molecule has 1 atom stereocenters. The van der Waals surface area contributed by atoms with Crippen molar-refractivity contribution in [3.05, 3.63) is 16.5 Å². The number of primary amides is 1. The number of rotatable bonds is 7. The van der Waals surface area contributed by atoms with E-state index in [9.17, 15) is 9.59 Å². The van der Waals surface area contributed by atoms with Crippen molar-refractivity contribution in [3.8, 4) is 0 Å². The SMILES string of the molecule is CCCCS[C@@H](C)C(=O)Nc1sc(C)cc1C(N)=O. The van der Waals surface area contributed by atoms with Gasteiger partial charge in [0.2, 0.25) is 5.91 Å². The average molecular weight is 300 g/mol. The second-order valence-corrected chi connectivity index (χ2v) is 7.02. The molecule has 1 aromatic heterocycles. The molecule has 2 amide bonds. The van der Waals surface area contributed by atoms with Crippen LogP contribution in [0.4, 0.5) is 5.00 Å². The van der Waals surface area contributed by atoms with E-state index in [4.69, 9.17) is 5.73 Å². The first-order chi connectivity index (χ1) is 8.95. The lowest BCUT2D eigenvalue weighted by atomic mass is 10.3. The lowest BCUT2D eigenvalue weighted by Crippen LogP contribution is -2.24. The number of amides is 2. The van der Waals surface area contributed by atoms with Crippen molar-refractivity contribution in [2.45, 2.75) is 38.9 Å². The van der Waals surface area contributed by atoms with E-state index in [0.29, 0.717) is 10.6 Å². The number of aryl methyl sites for hydroxylation is 1. The van der Waals surface area contributed by atoms with Gasteiger partial charge in [-0.3, -0.25) is 9.59 Å². The number of thioether (sulfide) groups is 1. The Hall–Kier alpha value is -1.01. The van der Waals surface area contributed by atoms with E-state index < -0.39 is 5.91 Å². The lowest BCUT2D eigenvalue weighted by molar-refractivity contribution is -0.115. The molecule has 0 fully saturated rings. The molecule has 0 aromatic carbocycles. The zero-order valence-electron chi connectivity index (χ0n) is 11.5. The largest absolute Gasteiger partial charge is 0.366 e. The molecule has 0 unspecified atom stereocenters. The summed E-state index contributed by atoms with van der Waals surface area (Å²) >= 11 is 3.00. The number of hydrogen-bond donors (Lipinski definition) is 2. The minimum absolute atomic E-state index is 0.0783. The molecule has 6 heteroatoms.